The minimum atomic E-state index is -0.140. The van der Waals surface area contributed by atoms with Crippen molar-refractivity contribution in [3.05, 3.63) is 24.3 Å². The Bertz CT molecular complexity index is 606. The number of ether oxygens (including phenoxy) is 2. The van der Waals surface area contributed by atoms with Gasteiger partial charge >= 0.3 is 0 Å². The Labute approximate surface area is 118 Å². The van der Waals surface area contributed by atoms with Gasteiger partial charge in [-0.05, 0) is 26.0 Å². The molecule has 5 heteroatoms. The Kier molecular flexibility index (Phi) is 3.40. The van der Waals surface area contributed by atoms with Crippen LogP contribution in [0.4, 0.5) is 0 Å². The molecule has 5 nitrogen and oxygen atoms in total. The zero-order chi connectivity index (χ0) is 14.2. The Morgan fingerprint density at radius 1 is 1.45 bits per heavy atom. The van der Waals surface area contributed by atoms with Crippen LogP contribution in [0.5, 0.6) is 6.01 Å². The summed E-state index contributed by atoms with van der Waals surface area (Å²) in [6.07, 6.45) is 0.0542. The first-order chi connectivity index (χ1) is 9.55. The number of nitrogens with zero attached hydrogens (tertiary/aromatic N) is 2. The SMILES string of the molecule is Cn1c(OCC2CNCC(C)(C)O2)nc2ccccc21. The average molecular weight is 275 g/mol. The van der Waals surface area contributed by atoms with Gasteiger partial charge in [0.15, 0.2) is 0 Å². The highest BCUT2D eigenvalue weighted by Crippen LogP contribution is 2.20. The van der Waals surface area contributed by atoms with Crippen molar-refractivity contribution in [2.24, 2.45) is 7.05 Å². The maximum atomic E-state index is 5.98. The number of nitrogens with one attached hydrogen (secondary N) is 1. The molecule has 2 aromatic rings. The molecule has 0 amide bonds. The number of para-hydroxylation sites is 2. The minimum absolute atomic E-state index is 0.0542. The van der Waals surface area contributed by atoms with Crippen LogP contribution >= 0.6 is 0 Å². The number of imidazole rings is 1. The van der Waals surface area contributed by atoms with Gasteiger partial charge < -0.3 is 14.8 Å². The summed E-state index contributed by atoms with van der Waals surface area (Å²) >= 11 is 0. The Hall–Kier alpha value is -1.59. The first kappa shape index (κ1) is 13.4. The van der Waals surface area contributed by atoms with Crippen LogP contribution in [0.2, 0.25) is 0 Å². The molecule has 1 aromatic carbocycles. The van der Waals surface area contributed by atoms with Crippen molar-refractivity contribution < 1.29 is 9.47 Å². The van der Waals surface area contributed by atoms with Crippen molar-refractivity contribution in [2.75, 3.05) is 19.7 Å². The van der Waals surface area contributed by atoms with Crippen LogP contribution in [0, 0.1) is 0 Å². The van der Waals surface area contributed by atoms with Gasteiger partial charge in [-0.25, -0.2) is 0 Å². The normalized spacial score (nSPS) is 22.1. The van der Waals surface area contributed by atoms with E-state index in [0.29, 0.717) is 12.6 Å². The maximum Gasteiger partial charge on any atom is 0.297 e. The molecule has 0 aliphatic carbocycles. The van der Waals surface area contributed by atoms with Gasteiger partial charge in [0.1, 0.15) is 12.7 Å². The molecule has 2 heterocycles. The van der Waals surface area contributed by atoms with Crippen molar-refractivity contribution in [2.45, 2.75) is 25.6 Å². The van der Waals surface area contributed by atoms with Crippen LogP contribution in [0.3, 0.4) is 0 Å². The van der Waals surface area contributed by atoms with Gasteiger partial charge in [-0.3, -0.25) is 4.57 Å². The summed E-state index contributed by atoms with van der Waals surface area (Å²) in [6.45, 7) is 6.36. The van der Waals surface area contributed by atoms with Crippen molar-refractivity contribution in [3.8, 4) is 6.01 Å². The number of aryl methyl sites for hydroxylation is 1. The van der Waals surface area contributed by atoms with Gasteiger partial charge in [0.2, 0.25) is 0 Å². The van der Waals surface area contributed by atoms with Crippen LogP contribution in [0.1, 0.15) is 13.8 Å². The van der Waals surface area contributed by atoms with Gasteiger partial charge in [-0.1, -0.05) is 12.1 Å². The molecule has 1 aliphatic rings. The van der Waals surface area contributed by atoms with E-state index in [1.165, 1.54) is 0 Å². The second kappa shape index (κ2) is 5.07. The third-order valence-corrected chi connectivity index (χ3v) is 3.55. The van der Waals surface area contributed by atoms with Crippen molar-refractivity contribution in [1.29, 1.82) is 0 Å². The highest BCUT2D eigenvalue weighted by atomic mass is 16.6. The number of hydrogen-bond donors (Lipinski definition) is 1. The molecule has 1 aliphatic heterocycles. The van der Waals surface area contributed by atoms with Crippen molar-refractivity contribution >= 4 is 11.0 Å². The largest absolute Gasteiger partial charge is 0.462 e. The molecule has 108 valence electrons. The molecule has 0 radical (unpaired) electrons. The zero-order valence-electron chi connectivity index (χ0n) is 12.2. The van der Waals surface area contributed by atoms with Crippen molar-refractivity contribution in [3.63, 3.8) is 0 Å². The highest BCUT2D eigenvalue weighted by Gasteiger charge is 2.28. The summed E-state index contributed by atoms with van der Waals surface area (Å²) in [5, 5.41) is 3.37. The number of morpholine rings is 1. The fourth-order valence-corrected chi connectivity index (χ4v) is 2.58. The first-order valence-corrected chi connectivity index (χ1v) is 6.98. The highest BCUT2D eigenvalue weighted by molar-refractivity contribution is 5.76. The van der Waals surface area contributed by atoms with E-state index in [-0.39, 0.29) is 11.7 Å². The summed E-state index contributed by atoms with van der Waals surface area (Å²) in [5.41, 5.74) is 1.89. The molecule has 20 heavy (non-hydrogen) atoms. The fourth-order valence-electron chi connectivity index (χ4n) is 2.58. The van der Waals surface area contributed by atoms with E-state index in [1.54, 1.807) is 0 Å². The lowest BCUT2D eigenvalue weighted by Crippen LogP contribution is -2.52. The van der Waals surface area contributed by atoms with E-state index in [0.717, 1.165) is 24.1 Å². The fraction of sp³-hybridized carbons (Fsp3) is 0.533. The maximum absolute atomic E-state index is 5.98. The molecule has 1 saturated heterocycles. The lowest BCUT2D eigenvalue weighted by atomic mass is 10.1. The summed E-state index contributed by atoms with van der Waals surface area (Å²) in [7, 11) is 1.97. The second-order valence-corrected chi connectivity index (χ2v) is 5.88. The third kappa shape index (κ3) is 2.64. The minimum Gasteiger partial charge on any atom is -0.462 e. The summed E-state index contributed by atoms with van der Waals surface area (Å²) < 4.78 is 13.8. The predicted molar refractivity (Wildman–Crippen MR) is 78.0 cm³/mol. The molecule has 1 unspecified atom stereocenters. The summed E-state index contributed by atoms with van der Waals surface area (Å²) in [5.74, 6) is 0. The topological polar surface area (TPSA) is 48.3 Å². The number of benzene rings is 1. The molecule has 1 fully saturated rings. The molecular weight excluding hydrogens is 254 g/mol. The van der Waals surface area contributed by atoms with Crippen LogP contribution in [0.15, 0.2) is 24.3 Å². The molecule has 0 bridgehead atoms. The lowest BCUT2D eigenvalue weighted by Gasteiger charge is -2.36. The summed E-state index contributed by atoms with van der Waals surface area (Å²) in [6, 6.07) is 8.65. The average Bonchev–Trinajstić information content (AvgIpc) is 2.73. The predicted octanol–water partition coefficient (Wildman–Crippen LogP) is 1.72. The smallest absolute Gasteiger partial charge is 0.297 e. The Morgan fingerprint density at radius 2 is 2.25 bits per heavy atom. The van der Waals surface area contributed by atoms with Crippen LogP contribution in [-0.4, -0.2) is 41.0 Å². The van der Waals surface area contributed by atoms with Gasteiger partial charge in [-0.15, -0.1) is 0 Å². The second-order valence-electron chi connectivity index (χ2n) is 5.88. The van der Waals surface area contributed by atoms with Crippen LogP contribution < -0.4 is 10.1 Å². The van der Waals surface area contributed by atoms with Crippen LogP contribution in [0.25, 0.3) is 11.0 Å². The molecule has 0 spiro atoms. The van der Waals surface area contributed by atoms with E-state index >= 15 is 0 Å². The lowest BCUT2D eigenvalue weighted by molar-refractivity contribution is -0.107. The van der Waals surface area contributed by atoms with Crippen molar-refractivity contribution in [1.82, 2.24) is 14.9 Å². The van der Waals surface area contributed by atoms with E-state index in [9.17, 15) is 0 Å². The van der Waals surface area contributed by atoms with Gasteiger partial charge in [0.25, 0.3) is 6.01 Å². The number of hydrogen-bond acceptors (Lipinski definition) is 4. The van der Waals surface area contributed by atoms with Gasteiger partial charge in [0.05, 0.1) is 16.6 Å². The monoisotopic (exact) mass is 275 g/mol. The molecule has 1 N–H and O–H groups in total. The molecule has 0 saturated carbocycles. The quantitative estimate of drug-likeness (QED) is 0.926. The molecule has 1 aromatic heterocycles. The third-order valence-electron chi connectivity index (χ3n) is 3.55. The molecular formula is C15H21N3O2. The van der Waals surface area contributed by atoms with E-state index in [1.807, 2.05) is 35.9 Å². The van der Waals surface area contributed by atoms with E-state index in [2.05, 4.69) is 24.1 Å². The molecule has 1 atom stereocenters. The standard InChI is InChI=1S/C15H21N3O2/c1-15(2)10-16-8-11(20-15)9-19-14-17-12-6-4-5-7-13(12)18(14)3/h4-7,11,16H,8-10H2,1-3H3. The number of fused-ring (bicyclic) bond motifs is 1. The van der Waals surface area contributed by atoms with Gasteiger partial charge in [-0.2, -0.15) is 4.98 Å². The molecule has 3 rings (SSSR count). The Balaban J connectivity index is 1.69. The van der Waals surface area contributed by atoms with E-state index < -0.39 is 0 Å². The van der Waals surface area contributed by atoms with Crippen LogP contribution in [-0.2, 0) is 11.8 Å². The zero-order valence-corrected chi connectivity index (χ0v) is 12.2. The van der Waals surface area contributed by atoms with E-state index in [4.69, 9.17) is 9.47 Å². The summed E-state index contributed by atoms with van der Waals surface area (Å²) in [4.78, 5) is 4.50. The first-order valence-electron chi connectivity index (χ1n) is 6.98. The number of aromatic nitrogens is 2. The van der Waals surface area contributed by atoms with Gasteiger partial charge in [0, 0.05) is 20.1 Å². The number of rotatable bonds is 3. The Morgan fingerprint density at radius 3 is 3.00 bits per heavy atom.